The van der Waals surface area contributed by atoms with Crippen molar-refractivity contribution in [1.29, 1.82) is 0 Å². The molecule has 2 aromatic carbocycles. The van der Waals surface area contributed by atoms with E-state index < -0.39 is 0 Å². The second kappa shape index (κ2) is 10.2. The Morgan fingerprint density at radius 3 is 2.31 bits per heavy atom. The maximum Gasteiger partial charge on any atom is 0.238 e. The first kappa shape index (κ1) is 19.5. The van der Waals surface area contributed by atoms with Gasteiger partial charge in [0.2, 0.25) is 11.8 Å². The van der Waals surface area contributed by atoms with Crippen LogP contribution in [0.3, 0.4) is 0 Å². The van der Waals surface area contributed by atoms with Crippen LogP contribution in [0.4, 0.5) is 5.69 Å². The highest BCUT2D eigenvalue weighted by atomic mass is 16.5. The quantitative estimate of drug-likeness (QED) is 0.724. The number of nitrogens with one attached hydrogen (secondary N) is 2. The molecule has 2 amide bonds. The van der Waals surface area contributed by atoms with Crippen molar-refractivity contribution in [2.45, 2.75) is 13.5 Å². The summed E-state index contributed by atoms with van der Waals surface area (Å²) >= 11 is 0. The molecule has 6 heteroatoms. The first-order valence-corrected chi connectivity index (χ1v) is 8.58. The highest BCUT2D eigenvalue weighted by Crippen LogP contribution is 2.22. The fourth-order valence-corrected chi connectivity index (χ4v) is 2.48. The van der Waals surface area contributed by atoms with Crippen LogP contribution in [0.25, 0.3) is 0 Å². The summed E-state index contributed by atoms with van der Waals surface area (Å²) in [6.45, 7) is 3.29. The van der Waals surface area contributed by atoms with E-state index in [1.54, 1.807) is 24.1 Å². The molecule has 0 fully saturated rings. The Morgan fingerprint density at radius 1 is 0.962 bits per heavy atom. The topological polar surface area (TPSA) is 70.7 Å². The predicted octanol–water partition coefficient (Wildman–Crippen LogP) is 2.27. The number of carbonyl (C=O) groups excluding carboxylic acids is 2. The molecule has 0 spiro atoms. The lowest BCUT2D eigenvalue weighted by molar-refractivity contribution is -0.123. The number of ether oxygens (including phenoxy) is 1. The average Bonchev–Trinajstić information content (AvgIpc) is 2.67. The molecule has 2 N–H and O–H groups in total. The largest absolute Gasteiger partial charge is 0.495 e. The lowest BCUT2D eigenvalue weighted by Crippen LogP contribution is -2.40. The van der Waals surface area contributed by atoms with Gasteiger partial charge in [-0.05, 0) is 24.2 Å². The molecule has 0 heterocycles. The minimum absolute atomic E-state index is 0.110. The molecule has 0 aliphatic carbocycles. The van der Waals surface area contributed by atoms with E-state index in [0.717, 1.165) is 5.56 Å². The highest BCUT2D eigenvalue weighted by molar-refractivity contribution is 5.94. The molecule has 0 aliphatic rings. The Hall–Kier alpha value is -2.86. The number of para-hydroxylation sites is 2. The van der Waals surface area contributed by atoms with Gasteiger partial charge in [-0.2, -0.15) is 0 Å². The zero-order valence-electron chi connectivity index (χ0n) is 15.2. The van der Waals surface area contributed by atoms with Crippen LogP contribution < -0.4 is 15.4 Å². The molecule has 0 aromatic heterocycles. The normalized spacial score (nSPS) is 10.4. The van der Waals surface area contributed by atoms with Crippen LogP contribution in [0.15, 0.2) is 54.6 Å². The van der Waals surface area contributed by atoms with E-state index in [1.165, 1.54) is 0 Å². The summed E-state index contributed by atoms with van der Waals surface area (Å²) in [5, 5.41) is 5.69. The summed E-state index contributed by atoms with van der Waals surface area (Å²) in [6.07, 6.45) is 0. The second-order valence-corrected chi connectivity index (χ2v) is 5.81. The van der Waals surface area contributed by atoms with E-state index in [4.69, 9.17) is 4.74 Å². The third-order valence-corrected chi connectivity index (χ3v) is 3.90. The fourth-order valence-electron chi connectivity index (χ4n) is 2.48. The Morgan fingerprint density at radius 2 is 1.62 bits per heavy atom. The minimum Gasteiger partial charge on any atom is -0.495 e. The molecule has 0 unspecified atom stereocenters. The number of amides is 2. The Labute approximate surface area is 154 Å². The van der Waals surface area contributed by atoms with E-state index in [0.29, 0.717) is 24.5 Å². The van der Waals surface area contributed by atoms with Crippen LogP contribution in [0, 0.1) is 0 Å². The van der Waals surface area contributed by atoms with Gasteiger partial charge in [0.1, 0.15) is 5.75 Å². The maximum atomic E-state index is 12.3. The number of anilines is 1. The third-order valence-electron chi connectivity index (χ3n) is 3.90. The van der Waals surface area contributed by atoms with Crippen LogP contribution in [0.1, 0.15) is 12.5 Å². The lowest BCUT2D eigenvalue weighted by Gasteiger charge is -2.19. The van der Waals surface area contributed by atoms with Gasteiger partial charge in [-0.25, -0.2) is 0 Å². The van der Waals surface area contributed by atoms with Crippen molar-refractivity contribution >= 4 is 17.5 Å². The molecule has 2 aromatic rings. The number of methoxy groups -OCH3 is 1. The predicted molar refractivity (Wildman–Crippen MR) is 102 cm³/mol. The zero-order chi connectivity index (χ0) is 18.8. The van der Waals surface area contributed by atoms with Gasteiger partial charge in [0.25, 0.3) is 0 Å². The van der Waals surface area contributed by atoms with Gasteiger partial charge in [-0.15, -0.1) is 0 Å². The van der Waals surface area contributed by atoms with Crippen molar-refractivity contribution < 1.29 is 14.3 Å². The molecule has 26 heavy (non-hydrogen) atoms. The van der Waals surface area contributed by atoms with Crippen molar-refractivity contribution in [3.8, 4) is 5.75 Å². The second-order valence-electron chi connectivity index (χ2n) is 5.81. The van der Waals surface area contributed by atoms with E-state index in [1.807, 2.05) is 49.4 Å². The molecule has 6 nitrogen and oxygen atoms in total. The Bertz CT molecular complexity index is 719. The van der Waals surface area contributed by atoms with E-state index in [-0.39, 0.29) is 24.9 Å². The molecule has 0 saturated carbocycles. The number of hydrogen-bond donors (Lipinski definition) is 2. The van der Waals surface area contributed by atoms with Crippen LogP contribution in [0.5, 0.6) is 5.75 Å². The molecular weight excluding hydrogens is 330 g/mol. The van der Waals surface area contributed by atoms with Crippen LogP contribution in [-0.2, 0) is 16.1 Å². The van der Waals surface area contributed by atoms with Crippen molar-refractivity contribution in [2.24, 2.45) is 0 Å². The summed E-state index contributed by atoms with van der Waals surface area (Å²) in [5.74, 6) is 0.303. The van der Waals surface area contributed by atoms with Crippen molar-refractivity contribution in [1.82, 2.24) is 10.2 Å². The first-order valence-electron chi connectivity index (χ1n) is 8.58. The molecule has 2 rings (SSSR count). The van der Waals surface area contributed by atoms with Crippen molar-refractivity contribution in [3.05, 3.63) is 60.2 Å². The van der Waals surface area contributed by atoms with Crippen molar-refractivity contribution in [3.63, 3.8) is 0 Å². The Balaban J connectivity index is 1.82. The fraction of sp³-hybridized carbons (Fsp3) is 0.300. The highest BCUT2D eigenvalue weighted by Gasteiger charge is 2.14. The SMILES string of the molecule is CCN(CC(=O)NCc1ccccc1)CC(=O)Nc1ccccc1OC. The number of nitrogens with zero attached hydrogens (tertiary/aromatic N) is 1. The molecular formula is C20H25N3O3. The summed E-state index contributed by atoms with van der Waals surface area (Å²) in [5.41, 5.74) is 1.65. The van der Waals surface area contributed by atoms with Gasteiger partial charge >= 0.3 is 0 Å². The zero-order valence-corrected chi connectivity index (χ0v) is 15.2. The number of rotatable bonds is 9. The minimum atomic E-state index is -0.188. The summed E-state index contributed by atoms with van der Waals surface area (Å²) in [7, 11) is 1.56. The van der Waals surface area contributed by atoms with Crippen LogP contribution >= 0.6 is 0 Å². The average molecular weight is 355 g/mol. The van der Waals surface area contributed by atoms with Gasteiger partial charge in [-0.1, -0.05) is 49.4 Å². The summed E-state index contributed by atoms with van der Waals surface area (Å²) in [4.78, 5) is 26.2. The molecule has 0 aliphatic heterocycles. The van der Waals surface area contributed by atoms with Crippen LogP contribution in [-0.4, -0.2) is 43.5 Å². The van der Waals surface area contributed by atoms with Gasteiger partial charge in [0, 0.05) is 6.54 Å². The first-order chi connectivity index (χ1) is 12.6. The number of benzene rings is 2. The number of carbonyl (C=O) groups is 2. The van der Waals surface area contributed by atoms with E-state index in [9.17, 15) is 9.59 Å². The number of likely N-dealkylation sites (N-methyl/N-ethyl adjacent to an activating group) is 1. The standard InChI is InChI=1S/C20H25N3O3/c1-3-23(14-19(24)21-13-16-9-5-4-6-10-16)15-20(25)22-17-11-7-8-12-18(17)26-2/h4-12H,3,13-15H2,1-2H3,(H,21,24)(H,22,25). The van der Waals surface area contributed by atoms with E-state index in [2.05, 4.69) is 10.6 Å². The van der Waals surface area contributed by atoms with Gasteiger partial charge in [-0.3, -0.25) is 14.5 Å². The molecule has 0 saturated heterocycles. The molecule has 0 bridgehead atoms. The van der Waals surface area contributed by atoms with E-state index >= 15 is 0 Å². The summed E-state index contributed by atoms with van der Waals surface area (Å²) < 4.78 is 5.22. The monoisotopic (exact) mass is 355 g/mol. The van der Waals surface area contributed by atoms with Gasteiger partial charge in [0.05, 0.1) is 25.9 Å². The molecule has 138 valence electrons. The number of hydrogen-bond acceptors (Lipinski definition) is 4. The third kappa shape index (κ3) is 6.22. The van der Waals surface area contributed by atoms with Gasteiger partial charge in [0.15, 0.2) is 0 Å². The molecule has 0 radical (unpaired) electrons. The van der Waals surface area contributed by atoms with Crippen LogP contribution in [0.2, 0.25) is 0 Å². The Kier molecular flexibility index (Phi) is 7.64. The summed E-state index contributed by atoms with van der Waals surface area (Å²) in [6, 6.07) is 16.9. The smallest absolute Gasteiger partial charge is 0.238 e. The lowest BCUT2D eigenvalue weighted by atomic mass is 10.2. The van der Waals surface area contributed by atoms with Crippen molar-refractivity contribution in [2.75, 3.05) is 32.1 Å². The molecule has 0 atom stereocenters. The van der Waals surface area contributed by atoms with Gasteiger partial charge < -0.3 is 15.4 Å². The maximum absolute atomic E-state index is 12.3.